The molecule has 3 unspecified atom stereocenters. The summed E-state index contributed by atoms with van der Waals surface area (Å²) in [5.41, 5.74) is 9.39. The van der Waals surface area contributed by atoms with Crippen LogP contribution in [0.4, 0.5) is 5.69 Å². The van der Waals surface area contributed by atoms with Crippen molar-refractivity contribution in [1.29, 1.82) is 0 Å². The van der Waals surface area contributed by atoms with Crippen LogP contribution in [0, 0.1) is 33.8 Å². The number of carbonyl (C=O) groups is 4. The number of hydrogen-bond acceptors (Lipinski definition) is 11. The van der Waals surface area contributed by atoms with Gasteiger partial charge in [0.05, 0.1) is 22.5 Å². The van der Waals surface area contributed by atoms with E-state index in [1.165, 1.54) is 23.1 Å². The second kappa shape index (κ2) is 9.80. The van der Waals surface area contributed by atoms with Crippen LogP contribution >= 0.6 is 0 Å². The van der Waals surface area contributed by atoms with Gasteiger partial charge in [0, 0.05) is 36.2 Å². The number of amides is 1. The number of aliphatic hydroxyl groups excluding tert-OH is 1. The number of ketones is 3. The second-order valence-electron chi connectivity index (χ2n) is 11.3. The molecule has 1 amide bonds. The molecule has 216 valence electrons. The zero-order valence-corrected chi connectivity index (χ0v) is 22.3. The van der Waals surface area contributed by atoms with Crippen molar-refractivity contribution in [2.75, 3.05) is 14.1 Å². The molecule has 2 saturated carbocycles. The molecule has 41 heavy (non-hydrogen) atoms. The summed E-state index contributed by atoms with van der Waals surface area (Å²) < 4.78 is 0. The van der Waals surface area contributed by atoms with Crippen molar-refractivity contribution in [3.63, 3.8) is 0 Å². The van der Waals surface area contributed by atoms with Crippen molar-refractivity contribution in [2.45, 2.75) is 37.1 Å². The lowest BCUT2D eigenvalue weighted by Gasteiger charge is -2.54. The van der Waals surface area contributed by atoms with Gasteiger partial charge in [-0.3, -0.25) is 29.3 Å². The Kier molecular flexibility index (Phi) is 6.81. The Balaban J connectivity index is 1.70. The lowest BCUT2D eigenvalue weighted by Crippen LogP contribution is -2.75. The molecule has 2 aromatic carbocycles. The third kappa shape index (κ3) is 3.99. The highest BCUT2D eigenvalue weighted by atomic mass is 16.6. The van der Waals surface area contributed by atoms with Gasteiger partial charge in [-0.05, 0) is 55.6 Å². The molecule has 2 aromatic rings. The maximum Gasteiger partial charge on any atom is 0.270 e. The average molecular weight is 567 g/mol. The number of aliphatic hydroxyl groups is 2. The van der Waals surface area contributed by atoms with Crippen LogP contribution in [-0.4, -0.2) is 80.2 Å². The second-order valence-corrected chi connectivity index (χ2v) is 11.3. The van der Waals surface area contributed by atoms with E-state index < -0.39 is 75.3 Å². The summed E-state index contributed by atoms with van der Waals surface area (Å²) in [5.74, 6) is -10.2. The normalized spacial score (nSPS) is 30.9. The molecular formula is C28H30N4O9. The standard InChI is InChI=1S/C28H30N4O9/c1-31(2)21-17-9-12-7-16-15(11-4-3-5-14(6-11)32(40)41)8-13(10-29)22(33)19(16)23(34)18(12)25(36)28(17,39)26(37)20(24(21)35)27(30)38/h3-6,8,12,17-18,20-21,24,33,35,39H,7,9-10,29H2,1-2H3,(H2,30,38)/t12-,17-,18?,20?,21-,24?,28-/m1/s1. The van der Waals surface area contributed by atoms with Crippen molar-refractivity contribution >= 4 is 28.9 Å². The van der Waals surface area contributed by atoms with Crippen molar-refractivity contribution in [2.24, 2.45) is 35.1 Å². The highest BCUT2D eigenvalue weighted by molar-refractivity contribution is 6.25. The minimum Gasteiger partial charge on any atom is -0.507 e. The fourth-order valence-corrected chi connectivity index (χ4v) is 7.15. The lowest BCUT2D eigenvalue weighted by atomic mass is 9.52. The van der Waals surface area contributed by atoms with E-state index >= 15 is 0 Å². The fraction of sp³-hybridized carbons (Fsp3) is 0.429. The molecule has 3 aliphatic carbocycles. The van der Waals surface area contributed by atoms with Crippen LogP contribution < -0.4 is 11.5 Å². The number of hydrogen-bond donors (Lipinski definition) is 5. The number of nitro benzene ring substituents is 1. The largest absolute Gasteiger partial charge is 0.507 e. The molecule has 0 aliphatic heterocycles. The Morgan fingerprint density at radius 3 is 2.46 bits per heavy atom. The number of fused-ring (bicyclic) bond motifs is 3. The van der Waals surface area contributed by atoms with Crippen molar-refractivity contribution in [1.82, 2.24) is 4.90 Å². The first-order valence-electron chi connectivity index (χ1n) is 13.1. The van der Waals surface area contributed by atoms with Crippen molar-refractivity contribution in [3.8, 4) is 16.9 Å². The number of nitrogens with zero attached hydrogens (tertiary/aromatic N) is 2. The van der Waals surface area contributed by atoms with E-state index in [1.807, 2.05) is 0 Å². The van der Waals surface area contributed by atoms with Gasteiger partial charge in [0.15, 0.2) is 23.0 Å². The number of carbonyl (C=O) groups excluding carboxylic acids is 4. The van der Waals surface area contributed by atoms with Crippen LogP contribution in [0.25, 0.3) is 11.1 Å². The topological polar surface area (TPSA) is 227 Å². The number of nitrogens with two attached hydrogens (primary N) is 2. The molecule has 0 aromatic heterocycles. The van der Waals surface area contributed by atoms with Crippen LogP contribution in [0.1, 0.15) is 27.9 Å². The Hall–Kier alpha value is -4.04. The van der Waals surface area contributed by atoms with Gasteiger partial charge in [-0.25, -0.2) is 0 Å². The van der Waals surface area contributed by atoms with Gasteiger partial charge < -0.3 is 31.7 Å². The predicted molar refractivity (Wildman–Crippen MR) is 142 cm³/mol. The third-order valence-corrected chi connectivity index (χ3v) is 8.96. The van der Waals surface area contributed by atoms with E-state index in [2.05, 4.69) is 0 Å². The van der Waals surface area contributed by atoms with Gasteiger partial charge in [0.25, 0.3) is 5.69 Å². The summed E-state index contributed by atoms with van der Waals surface area (Å²) in [6.45, 7) is -0.191. The number of rotatable bonds is 5. The summed E-state index contributed by atoms with van der Waals surface area (Å²) in [7, 11) is 3.12. The number of nitro groups is 1. The molecule has 2 fully saturated rings. The molecule has 0 bridgehead atoms. The molecule has 7 N–H and O–H groups in total. The Morgan fingerprint density at radius 2 is 1.88 bits per heavy atom. The number of phenolic OH excluding ortho intramolecular Hbond substituents is 1. The molecule has 0 spiro atoms. The summed E-state index contributed by atoms with van der Waals surface area (Å²) in [6.07, 6.45) is -1.61. The van der Waals surface area contributed by atoms with E-state index in [9.17, 15) is 44.6 Å². The molecule has 13 heteroatoms. The monoisotopic (exact) mass is 566 g/mol. The number of benzene rings is 2. The fourth-order valence-electron chi connectivity index (χ4n) is 7.15. The zero-order chi connectivity index (χ0) is 30.1. The average Bonchev–Trinajstić information content (AvgIpc) is 2.90. The van der Waals surface area contributed by atoms with Crippen LogP contribution in [0.2, 0.25) is 0 Å². The highest BCUT2D eigenvalue weighted by Crippen LogP contribution is 2.53. The van der Waals surface area contributed by atoms with E-state index in [4.69, 9.17) is 11.5 Å². The smallest absolute Gasteiger partial charge is 0.270 e. The van der Waals surface area contributed by atoms with Gasteiger partial charge in [-0.1, -0.05) is 12.1 Å². The Labute approximate surface area is 233 Å². The number of phenols is 1. The number of primary amides is 1. The van der Waals surface area contributed by atoms with Crippen LogP contribution in [-0.2, 0) is 27.3 Å². The molecule has 0 radical (unpaired) electrons. The predicted octanol–water partition coefficient (Wildman–Crippen LogP) is -0.307. The number of likely N-dealkylation sites (N-methyl/N-ethyl adjacent to an activating group) is 1. The minimum atomic E-state index is -2.77. The Morgan fingerprint density at radius 1 is 1.20 bits per heavy atom. The minimum absolute atomic E-state index is 0.0458. The molecule has 13 nitrogen and oxygen atoms in total. The summed E-state index contributed by atoms with van der Waals surface area (Å²) in [5, 5.41) is 45.2. The first-order chi connectivity index (χ1) is 19.2. The molecule has 3 aliphatic rings. The molecule has 0 heterocycles. The molecule has 5 rings (SSSR count). The van der Waals surface area contributed by atoms with E-state index in [0.29, 0.717) is 16.7 Å². The molecule has 7 atom stereocenters. The third-order valence-electron chi connectivity index (χ3n) is 8.96. The SMILES string of the molecule is CN(C)[C@H]1C(O)C(C(N)=O)C(=O)[C@]2(O)C(=O)C3C(=O)c4c(O)c(CN)cc(-c5cccc([N+](=O)[O-])c5)c4C[C@@H]3C[C@H]12. The molecule has 0 saturated heterocycles. The van der Waals surface area contributed by atoms with Crippen LogP contribution in [0.3, 0.4) is 0 Å². The van der Waals surface area contributed by atoms with Gasteiger partial charge in [-0.2, -0.15) is 0 Å². The van der Waals surface area contributed by atoms with E-state index in [0.717, 1.165) is 0 Å². The Bertz CT molecular complexity index is 1520. The lowest BCUT2D eigenvalue weighted by molar-refractivity contribution is -0.384. The van der Waals surface area contributed by atoms with E-state index in [-0.39, 0.29) is 36.2 Å². The van der Waals surface area contributed by atoms with Gasteiger partial charge in [-0.15, -0.1) is 0 Å². The van der Waals surface area contributed by atoms with E-state index in [1.54, 1.807) is 26.2 Å². The van der Waals surface area contributed by atoms with Crippen molar-refractivity contribution in [3.05, 3.63) is 57.1 Å². The first-order valence-corrected chi connectivity index (χ1v) is 13.1. The first kappa shape index (κ1) is 28.5. The van der Waals surface area contributed by atoms with Crippen LogP contribution in [0.15, 0.2) is 30.3 Å². The summed E-state index contributed by atoms with van der Waals surface area (Å²) >= 11 is 0. The van der Waals surface area contributed by atoms with Crippen LogP contribution in [0.5, 0.6) is 5.75 Å². The number of non-ortho nitro benzene ring substituents is 1. The van der Waals surface area contributed by atoms with Crippen molar-refractivity contribution < 1.29 is 39.4 Å². The number of Topliss-reactive ketones (excluding diaryl/α,β-unsaturated/α-hetero) is 3. The zero-order valence-electron chi connectivity index (χ0n) is 22.3. The maximum atomic E-state index is 14.0. The number of aromatic hydroxyl groups is 1. The quantitative estimate of drug-likeness (QED) is 0.179. The van der Waals surface area contributed by atoms with Gasteiger partial charge in [0.2, 0.25) is 5.91 Å². The summed E-state index contributed by atoms with van der Waals surface area (Å²) in [4.78, 5) is 66.0. The molecular weight excluding hydrogens is 536 g/mol. The highest BCUT2D eigenvalue weighted by Gasteiger charge is 2.69. The maximum absolute atomic E-state index is 14.0. The van der Waals surface area contributed by atoms with Gasteiger partial charge in [0.1, 0.15) is 11.7 Å². The van der Waals surface area contributed by atoms with Gasteiger partial charge >= 0.3 is 0 Å². The summed E-state index contributed by atoms with van der Waals surface area (Å²) in [6, 6.07) is 6.27.